The zero-order valence-electron chi connectivity index (χ0n) is 13.9. The maximum Gasteiger partial charge on any atom is 0.329 e. The number of nitrogens with zero attached hydrogens (tertiary/aromatic N) is 2. The number of hydrogen-bond acceptors (Lipinski definition) is 4. The van der Waals surface area contributed by atoms with Crippen LogP contribution in [-0.4, -0.2) is 34.3 Å². The molecule has 1 fully saturated rings. The van der Waals surface area contributed by atoms with Crippen LogP contribution in [0.5, 0.6) is 0 Å². The largest absolute Gasteiger partial charge is 0.459 e. The number of likely N-dealkylation sites (tertiary alicyclic amines) is 1. The Balaban J connectivity index is 1.58. The van der Waals surface area contributed by atoms with Crippen molar-refractivity contribution in [2.24, 2.45) is 0 Å². The molecule has 0 unspecified atom stereocenters. The fraction of sp³-hybridized carbons (Fsp3) is 0.250. The Labute approximate surface area is 146 Å². The quantitative estimate of drug-likeness (QED) is 0.622. The van der Waals surface area contributed by atoms with Crippen LogP contribution < -0.4 is 0 Å². The summed E-state index contributed by atoms with van der Waals surface area (Å²) in [7, 11) is 0. The SMILES string of the molecule is O=C(OCc1ccccc1)[C@@H]1CCCN1C(=O)/C=C/c1cccnc1. The van der Waals surface area contributed by atoms with Gasteiger partial charge in [0, 0.05) is 25.0 Å². The van der Waals surface area contributed by atoms with E-state index >= 15 is 0 Å². The van der Waals surface area contributed by atoms with Gasteiger partial charge < -0.3 is 9.64 Å². The highest BCUT2D eigenvalue weighted by atomic mass is 16.5. The van der Waals surface area contributed by atoms with Crippen LogP contribution in [0, 0.1) is 0 Å². The molecule has 0 saturated carbocycles. The highest BCUT2D eigenvalue weighted by Crippen LogP contribution is 2.20. The van der Waals surface area contributed by atoms with E-state index in [2.05, 4.69) is 4.98 Å². The van der Waals surface area contributed by atoms with Gasteiger partial charge >= 0.3 is 5.97 Å². The number of amides is 1. The van der Waals surface area contributed by atoms with Crippen molar-refractivity contribution in [2.75, 3.05) is 6.54 Å². The van der Waals surface area contributed by atoms with Gasteiger partial charge in [0.2, 0.25) is 5.91 Å². The first-order valence-corrected chi connectivity index (χ1v) is 8.33. The fourth-order valence-corrected chi connectivity index (χ4v) is 2.84. The smallest absolute Gasteiger partial charge is 0.329 e. The summed E-state index contributed by atoms with van der Waals surface area (Å²) in [5.74, 6) is -0.521. The van der Waals surface area contributed by atoms with Crippen molar-refractivity contribution >= 4 is 18.0 Å². The average molecular weight is 336 g/mol. The second kappa shape index (κ2) is 8.24. The third-order valence-corrected chi connectivity index (χ3v) is 4.13. The molecule has 1 aliphatic heterocycles. The lowest BCUT2D eigenvalue weighted by Gasteiger charge is -2.22. The second-order valence-electron chi connectivity index (χ2n) is 5.90. The first-order chi connectivity index (χ1) is 12.2. The van der Waals surface area contributed by atoms with Gasteiger partial charge in [-0.3, -0.25) is 9.78 Å². The summed E-state index contributed by atoms with van der Waals surface area (Å²) in [6.07, 6.45) is 8.00. The molecule has 1 aromatic carbocycles. The lowest BCUT2D eigenvalue weighted by atomic mass is 10.2. The maximum atomic E-state index is 12.4. The van der Waals surface area contributed by atoms with Crippen molar-refractivity contribution in [3.8, 4) is 0 Å². The number of rotatable bonds is 5. The summed E-state index contributed by atoms with van der Waals surface area (Å²) in [6.45, 7) is 0.797. The monoisotopic (exact) mass is 336 g/mol. The lowest BCUT2D eigenvalue weighted by Crippen LogP contribution is -2.40. The fourth-order valence-electron chi connectivity index (χ4n) is 2.84. The number of ether oxygens (including phenoxy) is 1. The van der Waals surface area contributed by atoms with Gasteiger partial charge in [0.25, 0.3) is 0 Å². The second-order valence-corrected chi connectivity index (χ2v) is 5.90. The highest BCUT2D eigenvalue weighted by molar-refractivity contribution is 5.95. The minimum atomic E-state index is -0.505. The molecule has 1 aliphatic rings. The molecule has 25 heavy (non-hydrogen) atoms. The Morgan fingerprint density at radius 2 is 2.04 bits per heavy atom. The number of esters is 1. The highest BCUT2D eigenvalue weighted by Gasteiger charge is 2.34. The first kappa shape index (κ1) is 16.9. The van der Waals surface area contributed by atoms with E-state index in [0.29, 0.717) is 13.0 Å². The van der Waals surface area contributed by atoms with E-state index in [0.717, 1.165) is 17.5 Å². The summed E-state index contributed by atoms with van der Waals surface area (Å²) >= 11 is 0. The molecule has 0 radical (unpaired) electrons. The number of benzene rings is 1. The van der Waals surface area contributed by atoms with E-state index in [1.807, 2.05) is 42.5 Å². The third kappa shape index (κ3) is 4.53. The molecule has 1 atom stereocenters. The van der Waals surface area contributed by atoms with Gasteiger partial charge in [0.1, 0.15) is 12.6 Å². The normalized spacial score (nSPS) is 17.0. The van der Waals surface area contributed by atoms with Crippen LogP contribution in [0.4, 0.5) is 0 Å². The Hall–Kier alpha value is -2.95. The number of aromatic nitrogens is 1. The van der Waals surface area contributed by atoms with Gasteiger partial charge in [-0.05, 0) is 36.1 Å². The lowest BCUT2D eigenvalue weighted by molar-refractivity contribution is -0.153. The molecule has 0 spiro atoms. The molecule has 5 heteroatoms. The van der Waals surface area contributed by atoms with Crippen LogP contribution in [0.15, 0.2) is 60.9 Å². The Morgan fingerprint density at radius 1 is 1.20 bits per heavy atom. The number of hydrogen-bond donors (Lipinski definition) is 0. The summed E-state index contributed by atoms with van der Waals surface area (Å²) in [6, 6.07) is 12.7. The standard InChI is InChI=1S/C20H20N2O3/c23-19(11-10-16-8-4-12-21-14-16)22-13-5-9-18(22)20(24)25-15-17-6-2-1-3-7-17/h1-4,6-8,10-12,14,18H,5,9,13,15H2/b11-10+/t18-/m0/s1. The van der Waals surface area contributed by atoms with Crippen molar-refractivity contribution in [3.05, 3.63) is 72.1 Å². The van der Waals surface area contributed by atoms with Crippen molar-refractivity contribution in [1.29, 1.82) is 0 Å². The van der Waals surface area contributed by atoms with Gasteiger partial charge in [-0.1, -0.05) is 36.4 Å². The third-order valence-electron chi connectivity index (χ3n) is 4.13. The van der Waals surface area contributed by atoms with Crippen molar-refractivity contribution < 1.29 is 14.3 Å². The number of carbonyl (C=O) groups is 2. The van der Waals surface area contributed by atoms with E-state index in [9.17, 15) is 9.59 Å². The molecule has 0 bridgehead atoms. The van der Waals surface area contributed by atoms with Crippen LogP contribution in [0.2, 0.25) is 0 Å². The molecule has 0 aliphatic carbocycles. The summed E-state index contributed by atoms with van der Waals surface area (Å²) in [4.78, 5) is 30.4. The van der Waals surface area contributed by atoms with E-state index in [1.54, 1.807) is 23.4 Å². The molecule has 0 N–H and O–H groups in total. The van der Waals surface area contributed by atoms with Crippen LogP contribution in [0.1, 0.15) is 24.0 Å². The molecule has 2 heterocycles. The van der Waals surface area contributed by atoms with E-state index in [-0.39, 0.29) is 18.5 Å². The zero-order valence-corrected chi connectivity index (χ0v) is 13.9. The minimum absolute atomic E-state index is 0.178. The van der Waals surface area contributed by atoms with Gasteiger partial charge in [0.05, 0.1) is 0 Å². The molecule has 5 nitrogen and oxygen atoms in total. The van der Waals surface area contributed by atoms with E-state index in [1.165, 1.54) is 6.08 Å². The van der Waals surface area contributed by atoms with E-state index in [4.69, 9.17) is 4.74 Å². The number of pyridine rings is 1. The van der Waals surface area contributed by atoms with Crippen molar-refractivity contribution in [3.63, 3.8) is 0 Å². The topological polar surface area (TPSA) is 59.5 Å². The van der Waals surface area contributed by atoms with Crippen LogP contribution in [0.25, 0.3) is 6.08 Å². The Bertz CT molecular complexity index is 744. The average Bonchev–Trinajstić information content (AvgIpc) is 3.16. The molecular weight excluding hydrogens is 316 g/mol. The summed E-state index contributed by atoms with van der Waals surface area (Å²) < 4.78 is 5.39. The minimum Gasteiger partial charge on any atom is -0.459 e. The molecule has 128 valence electrons. The van der Waals surface area contributed by atoms with Gasteiger partial charge in [-0.25, -0.2) is 4.79 Å². The molecule has 1 saturated heterocycles. The molecule has 3 rings (SSSR count). The zero-order chi connectivity index (χ0) is 17.5. The molecular formula is C20H20N2O3. The molecule has 2 aromatic rings. The van der Waals surface area contributed by atoms with Crippen LogP contribution in [-0.2, 0) is 20.9 Å². The van der Waals surface area contributed by atoms with Gasteiger partial charge in [-0.2, -0.15) is 0 Å². The Morgan fingerprint density at radius 3 is 2.80 bits per heavy atom. The maximum absolute atomic E-state index is 12.4. The molecule has 1 amide bonds. The summed E-state index contributed by atoms with van der Waals surface area (Å²) in [5.41, 5.74) is 1.78. The van der Waals surface area contributed by atoms with E-state index < -0.39 is 6.04 Å². The predicted octanol–water partition coefficient (Wildman–Crippen LogP) is 2.83. The Kier molecular flexibility index (Phi) is 5.57. The van der Waals surface area contributed by atoms with Crippen LogP contribution >= 0.6 is 0 Å². The van der Waals surface area contributed by atoms with Crippen molar-refractivity contribution in [1.82, 2.24) is 9.88 Å². The number of carbonyl (C=O) groups excluding carboxylic acids is 2. The summed E-state index contributed by atoms with van der Waals surface area (Å²) in [5, 5.41) is 0. The predicted molar refractivity (Wildman–Crippen MR) is 94.2 cm³/mol. The first-order valence-electron chi connectivity index (χ1n) is 8.33. The van der Waals surface area contributed by atoms with Gasteiger partial charge in [0.15, 0.2) is 0 Å². The van der Waals surface area contributed by atoms with Gasteiger partial charge in [-0.15, -0.1) is 0 Å². The van der Waals surface area contributed by atoms with Crippen molar-refractivity contribution in [2.45, 2.75) is 25.5 Å². The van der Waals surface area contributed by atoms with Crippen LogP contribution in [0.3, 0.4) is 0 Å². The molecule has 1 aromatic heterocycles.